The first-order chi connectivity index (χ1) is 9.54. The van der Waals surface area contributed by atoms with Crippen molar-refractivity contribution in [1.82, 2.24) is 10.5 Å². The minimum atomic E-state index is 0.296. The summed E-state index contributed by atoms with van der Waals surface area (Å²) in [4.78, 5) is 0. The lowest BCUT2D eigenvalue weighted by molar-refractivity contribution is 0.248. The molecule has 4 nitrogen and oxygen atoms in total. The number of nitrogens with zero attached hydrogens (tertiary/aromatic N) is 1. The van der Waals surface area contributed by atoms with Crippen molar-refractivity contribution in [3.05, 3.63) is 45.2 Å². The summed E-state index contributed by atoms with van der Waals surface area (Å²) >= 11 is 9.43. The Morgan fingerprint density at radius 1 is 1.40 bits per heavy atom. The number of ether oxygens (including phenoxy) is 1. The second kappa shape index (κ2) is 7.11. The van der Waals surface area contributed by atoms with Gasteiger partial charge in [0.1, 0.15) is 12.4 Å². The van der Waals surface area contributed by atoms with E-state index in [1.807, 2.05) is 18.2 Å². The van der Waals surface area contributed by atoms with E-state index in [9.17, 15) is 0 Å². The summed E-state index contributed by atoms with van der Waals surface area (Å²) in [5.41, 5.74) is 0.859. The first-order valence-corrected chi connectivity index (χ1v) is 7.47. The molecule has 0 unspecified atom stereocenters. The minimum Gasteiger partial charge on any atom is -0.484 e. The van der Waals surface area contributed by atoms with Crippen LogP contribution in [0.1, 0.15) is 25.3 Å². The van der Waals surface area contributed by atoms with Crippen molar-refractivity contribution >= 4 is 27.5 Å². The van der Waals surface area contributed by atoms with Crippen molar-refractivity contribution in [2.75, 3.05) is 0 Å². The average molecular weight is 360 g/mol. The van der Waals surface area contributed by atoms with Gasteiger partial charge in [-0.2, -0.15) is 0 Å². The van der Waals surface area contributed by atoms with E-state index in [1.165, 1.54) is 0 Å². The third kappa shape index (κ3) is 4.51. The molecule has 20 heavy (non-hydrogen) atoms. The van der Waals surface area contributed by atoms with Crippen LogP contribution in [0.4, 0.5) is 0 Å². The maximum absolute atomic E-state index is 6.05. The van der Waals surface area contributed by atoms with Crippen LogP contribution in [0.15, 0.2) is 33.3 Å². The summed E-state index contributed by atoms with van der Waals surface area (Å²) in [5, 5.41) is 7.82. The molecule has 0 bridgehead atoms. The van der Waals surface area contributed by atoms with Crippen LogP contribution in [0.2, 0.25) is 5.02 Å². The lowest BCUT2D eigenvalue weighted by Crippen LogP contribution is -2.21. The number of halogens is 2. The molecule has 0 fully saturated rings. The molecule has 0 aliphatic heterocycles. The van der Waals surface area contributed by atoms with Gasteiger partial charge in [-0.1, -0.05) is 46.5 Å². The van der Waals surface area contributed by atoms with Gasteiger partial charge in [0.15, 0.2) is 5.76 Å². The van der Waals surface area contributed by atoms with Gasteiger partial charge in [-0.05, 0) is 18.2 Å². The Morgan fingerprint density at radius 2 is 2.20 bits per heavy atom. The topological polar surface area (TPSA) is 47.3 Å². The van der Waals surface area contributed by atoms with Crippen molar-refractivity contribution in [2.24, 2.45) is 0 Å². The molecule has 2 rings (SSSR count). The molecular formula is C14H16BrClN2O2. The fraction of sp³-hybridized carbons (Fsp3) is 0.357. The highest BCUT2D eigenvalue weighted by atomic mass is 79.9. The van der Waals surface area contributed by atoms with Gasteiger partial charge in [-0.3, -0.25) is 0 Å². The van der Waals surface area contributed by atoms with Crippen LogP contribution in [0.5, 0.6) is 5.75 Å². The number of rotatable bonds is 6. The van der Waals surface area contributed by atoms with Crippen LogP contribution in [-0.4, -0.2) is 11.2 Å². The molecule has 0 aliphatic carbocycles. The first kappa shape index (κ1) is 15.4. The molecule has 108 valence electrons. The lowest BCUT2D eigenvalue weighted by Gasteiger charge is -2.06. The summed E-state index contributed by atoms with van der Waals surface area (Å²) in [6.07, 6.45) is 0. The quantitative estimate of drug-likeness (QED) is 0.841. The number of nitrogens with one attached hydrogen (secondary N) is 1. The molecule has 1 aromatic carbocycles. The standard InChI is InChI=1S/C14H16BrClN2O2/c1-9(2)17-7-11-6-12(20-18-11)8-19-14-5-10(15)3-4-13(14)16/h3-6,9,17H,7-8H2,1-2H3. The maximum atomic E-state index is 6.05. The summed E-state index contributed by atoms with van der Waals surface area (Å²) in [6.45, 7) is 5.14. The zero-order valence-corrected chi connectivity index (χ0v) is 13.7. The molecule has 0 aliphatic rings. The van der Waals surface area contributed by atoms with Crippen LogP contribution >= 0.6 is 27.5 Å². The predicted octanol–water partition coefficient (Wildman–Crippen LogP) is 4.17. The number of benzene rings is 1. The van der Waals surface area contributed by atoms with Gasteiger partial charge in [-0.15, -0.1) is 0 Å². The molecule has 0 saturated heterocycles. The third-order valence-corrected chi connectivity index (χ3v) is 3.37. The summed E-state index contributed by atoms with van der Waals surface area (Å²) < 4.78 is 11.8. The van der Waals surface area contributed by atoms with Crippen molar-refractivity contribution in [1.29, 1.82) is 0 Å². The molecule has 6 heteroatoms. The molecular weight excluding hydrogens is 344 g/mol. The third-order valence-electron chi connectivity index (χ3n) is 2.56. The van der Waals surface area contributed by atoms with Gasteiger partial charge in [0.05, 0.1) is 10.7 Å². The van der Waals surface area contributed by atoms with Crippen LogP contribution < -0.4 is 10.1 Å². The van der Waals surface area contributed by atoms with Gasteiger partial charge >= 0.3 is 0 Å². The van der Waals surface area contributed by atoms with E-state index in [4.69, 9.17) is 20.9 Å². The Hall–Kier alpha value is -1.04. The first-order valence-electron chi connectivity index (χ1n) is 6.30. The van der Waals surface area contributed by atoms with Gasteiger partial charge in [0, 0.05) is 23.1 Å². The highest BCUT2D eigenvalue weighted by molar-refractivity contribution is 9.10. The number of hydrogen-bond donors (Lipinski definition) is 1. The second-order valence-corrected chi connectivity index (χ2v) is 6.01. The lowest BCUT2D eigenvalue weighted by atomic mass is 10.3. The van der Waals surface area contributed by atoms with Crippen molar-refractivity contribution in [2.45, 2.75) is 33.0 Å². The Morgan fingerprint density at radius 3 is 2.95 bits per heavy atom. The average Bonchev–Trinajstić information content (AvgIpc) is 2.85. The Bertz CT molecular complexity index is 572. The van der Waals surface area contributed by atoms with E-state index < -0.39 is 0 Å². The van der Waals surface area contributed by atoms with Gasteiger partial charge in [0.25, 0.3) is 0 Å². The van der Waals surface area contributed by atoms with E-state index >= 15 is 0 Å². The molecule has 0 saturated carbocycles. The second-order valence-electron chi connectivity index (χ2n) is 4.68. The fourth-order valence-electron chi connectivity index (χ4n) is 1.55. The molecule has 0 atom stereocenters. The Kier molecular flexibility index (Phi) is 5.46. The van der Waals surface area contributed by atoms with Crippen LogP contribution in [0.25, 0.3) is 0 Å². The van der Waals surface area contributed by atoms with Gasteiger partial charge in [-0.25, -0.2) is 0 Å². The van der Waals surface area contributed by atoms with Gasteiger partial charge < -0.3 is 14.6 Å². The Balaban J connectivity index is 1.92. The molecule has 1 N–H and O–H groups in total. The molecule has 2 aromatic rings. The van der Waals surface area contributed by atoms with E-state index in [0.717, 1.165) is 10.2 Å². The Labute approximate surface area is 131 Å². The van der Waals surface area contributed by atoms with E-state index in [2.05, 4.69) is 40.3 Å². The van der Waals surface area contributed by atoms with Crippen molar-refractivity contribution in [3.8, 4) is 5.75 Å². The molecule has 1 heterocycles. The number of hydrogen-bond acceptors (Lipinski definition) is 4. The summed E-state index contributed by atoms with van der Waals surface area (Å²) in [6, 6.07) is 7.74. The van der Waals surface area contributed by atoms with Crippen LogP contribution in [0.3, 0.4) is 0 Å². The SMILES string of the molecule is CC(C)NCc1cc(COc2cc(Br)ccc2Cl)on1. The molecule has 1 aromatic heterocycles. The smallest absolute Gasteiger partial charge is 0.174 e. The van der Waals surface area contributed by atoms with E-state index in [0.29, 0.717) is 35.7 Å². The fourth-order valence-corrected chi connectivity index (χ4v) is 2.06. The predicted molar refractivity (Wildman–Crippen MR) is 82.0 cm³/mol. The van der Waals surface area contributed by atoms with Crippen LogP contribution in [-0.2, 0) is 13.2 Å². The highest BCUT2D eigenvalue weighted by Crippen LogP contribution is 2.28. The van der Waals surface area contributed by atoms with E-state index in [-0.39, 0.29) is 0 Å². The molecule has 0 amide bonds. The zero-order valence-electron chi connectivity index (χ0n) is 11.3. The normalized spacial score (nSPS) is 11.1. The largest absolute Gasteiger partial charge is 0.484 e. The van der Waals surface area contributed by atoms with Crippen molar-refractivity contribution < 1.29 is 9.26 Å². The zero-order chi connectivity index (χ0) is 14.5. The van der Waals surface area contributed by atoms with Gasteiger partial charge in [0.2, 0.25) is 0 Å². The van der Waals surface area contributed by atoms with E-state index in [1.54, 1.807) is 6.07 Å². The molecule has 0 spiro atoms. The monoisotopic (exact) mass is 358 g/mol. The molecule has 0 radical (unpaired) electrons. The van der Waals surface area contributed by atoms with Crippen LogP contribution in [0, 0.1) is 0 Å². The van der Waals surface area contributed by atoms with Crippen molar-refractivity contribution in [3.63, 3.8) is 0 Å². The number of aromatic nitrogens is 1. The maximum Gasteiger partial charge on any atom is 0.174 e. The summed E-state index contributed by atoms with van der Waals surface area (Å²) in [7, 11) is 0. The minimum absolute atomic E-state index is 0.296. The summed E-state index contributed by atoms with van der Waals surface area (Å²) in [5.74, 6) is 1.28. The highest BCUT2D eigenvalue weighted by Gasteiger charge is 2.07.